The van der Waals surface area contributed by atoms with E-state index < -0.39 is 18.4 Å². The highest BCUT2D eigenvalue weighted by atomic mass is 16.5. The monoisotopic (exact) mass is 471 g/mol. The molecule has 0 bridgehead atoms. The summed E-state index contributed by atoms with van der Waals surface area (Å²) in [4.78, 5) is 38.9. The molecule has 4 N–H and O–H groups in total. The number of imidazole rings is 1. The van der Waals surface area contributed by atoms with E-state index in [0.717, 1.165) is 25.9 Å². The molecule has 34 heavy (non-hydrogen) atoms. The van der Waals surface area contributed by atoms with Gasteiger partial charge in [-0.05, 0) is 38.8 Å². The molecule has 0 radical (unpaired) electrons. The fourth-order valence-corrected chi connectivity index (χ4v) is 4.26. The summed E-state index contributed by atoms with van der Waals surface area (Å²) in [6.45, 7) is 4.31. The lowest BCUT2D eigenvalue weighted by atomic mass is 9.97. The molecule has 2 fully saturated rings. The van der Waals surface area contributed by atoms with E-state index in [9.17, 15) is 14.7 Å². The van der Waals surface area contributed by atoms with Crippen molar-refractivity contribution in [1.82, 2.24) is 29.7 Å². The Labute approximate surface area is 196 Å². The lowest BCUT2D eigenvalue weighted by Crippen LogP contribution is -2.36. The first-order valence-corrected chi connectivity index (χ1v) is 11.3. The minimum Gasteiger partial charge on any atom is -0.469 e. The minimum atomic E-state index is -0.913. The van der Waals surface area contributed by atoms with Crippen LogP contribution in [-0.4, -0.2) is 86.9 Å². The highest BCUT2D eigenvalue weighted by Gasteiger charge is 2.39. The van der Waals surface area contributed by atoms with Gasteiger partial charge < -0.3 is 25.6 Å². The van der Waals surface area contributed by atoms with E-state index in [2.05, 4.69) is 37.0 Å². The summed E-state index contributed by atoms with van der Waals surface area (Å²) < 4.78 is 12.2. The molecule has 2 aliphatic rings. The predicted octanol–water partition coefficient (Wildman–Crippen LogP) is -0.570. The van der Waals surface area contributed by atoms with Gasteiger partial charge in [0.25, 0.3) is 0 Å². The molecule has 2 saturated heterocycles. The van der Waals surface area contributed by atoms with E-state index >= 15 is 0 Å². The van der Waals surface area contributed by atoms with Crippen LogP contribution in [0.2, 0.25) is 0 Å². The van der Waals surface area contributed by atoms with E-state index in [-0.39, 0.29) is 35.9 Å². The number of nitrogen functional groups attached to an aromatic ring is 1. The van der Waals surface area contributed by atoms with Crippen molar-refractivity contribution in [2.24, 2.45) is 5.92 Å². The number of ether oxygens (including phenoxy) is 2. The summed E-state index contributed by atoms with van der Waals surface area (Å²) >= 11 is 0. The average molecular weight is 472 g/mol. The number of aliphatic hydroxyl groups is 1. The van der Waals surface area contributed by atoms with Gasteiger partial charge in [0, 0.05) is 13.0 Å². The van der Waals surface area contributed by atoms with Crippen LogP contribution in [0.1, 0.15) is 38.2 Å². The van der Waals surface area contributed by atoms with Crippen molar-refractivity contribution >= 4 is 28.9 Å². The average Bonchev–Trinajstić information content (AvgIpc) is 3.43. The van der Waals surface area contributed by atoms with Crippen LogP contribution in [0.3, 0.4) is 0 Å². The number of amides is 1. The summed E-state index contributed by atoms with van der Waals surface area (Å²) in [5.74, 6) is 5.91. The van der Waals surface area contributed by atoms with Gasteiger partial charge in [-0.3, -0.25) is 19.1 Å². The third-order valence-corrected chi connectivity index (χ3v) is 6.08. The second-order valence-electron chi connectivity index (χ2n) is 8.34. The highest BCUT2D eigenvalue weighted by molar-refractivity contribution is 5.82. The zero-order chi connectivity index (χ0) is 24.2. The number of likely N-dealkylation sites (tertiary alicyclic amines) is 1. The number of likely N-dealkylation sites (N-methyl/N-ethyl adjacent to an activating group) is 1. The molecule has 2 aliphatic heterocycles. The van der Waals surface area contributed by atoms with Crippen molar-refractivity contribution in [3.05, 3.63) is 12.2 Å². The van der Waals surface area contributed by atoms with E-state index in [4.69, 9.17) is 15.2 Å². The Bertz CT molecular complexity index is 1120. The van der Waals surface area contributed by atoms with Gasteiger partial charge in [-0.15, -0.1) is 0 Å². The van der Waals surface area contributed by atoms with Crippen molar-refractivity contribution < 1.29 is 24.2 Å². The summed E-state index contributed by atoms with van der Waals surface area (Å²) in [7, 11) is 1.41. The molecule has 12 heteroatoms. The molecular weight excluding hydrogens is 442 g/mol. The zero-order valence-electron chi connectivity index (χ0n) is 19.2. The number of aliphatic hydroxyl groups excluding tert-OH is 1. The molecule has 0 aromatic carbocycles. The summed E-state index contributed by atoms with van der Waals surface area (Å²) in [5.41, 5.74) is 6.81. The van der Waals surface area contributed by atoms with Crippen molar-refractivity contribution in [1.29, 1.82) is 0 Å². The van der Waals surface area contributed by atoms with Crippen LogP contribution in [-0.2, 0) is 19.1 Å². The SMILES string of the molecule is CCNC(=O)[C@@H]1CC(O)C(n2cnc3c(N)nc(C#CCN4CCC(C(=O)OC)CC4)nc32)O1. The van der Waals surface area contributed by atoms with E-state index in [1.165, 1.54) is 13.4 Å². The number of aromatic nitrogens is 4. The number of methoxy groups -OCH3 is 1. The molecule has 1 amide bonds. The molecule has 3 atom stereocenters. The van der Waals surface area contributed by atoms with Gasteiger partial charge in [-0.1, -0.05) is 5.92 Å². The van der Waals surface area contributed by atoms with Gasteiger partial charge in [0.2, 0.25) is 11.7 Å². The van der Waals surface area contributed by atoms with Gasteiger partial charge in [-0.2, -0.15) is 0 Å². The summed E-state index contributed by atoms with van der Waals surface area (Å²) in [6.07, 6.45) is 0.600. The Hall–Kier alpha value is -3.27. The molecule has 2 aromatic heterocycles. The van der Waals surface area contributed by atoms with E-state index in [0.29, 0.717) is 24.3 Å². The lowest BCUT2D eigenvalue weighted by Gasteiger charge is -2.28. The number of hydrogen-bond donors (Lipinski definition) is 3. The smallest absolute Gasteiger partial charge is 0.308 e. The lowest BCUT2D eigenvalue weighted by molar-refractivity contribution is -0.147. The molecule has 4 rings (SSSR count). The Morgan fingerprint density at radius 1 is 1.35 bits per heavy atom. The first kappa shape index (κ1) is 23.9. The Kier molecular flexibility index (Phi) is 7.26. The number of carbonyl (C=O) groups excluding carboxylic acids is 2. The number of esters is 1. The molecule has 0 aliphatic carbocycles. The van der Waals surface area contributed by atoms with E-state index in [1.54, 1.807) is 4.57 Å². The van der Waals surface area contributed by atoms with Crippen LogP contribution in [0.4, 0.5) is 5.82 Å². The van der Waals surface area contributed by atoms with Gasteiger partial charge in [-0.25, -0.2) is 15.0 Å². The summed E-state index contributed by atoms with van der Waals surface area (Å²) in [5, 5.41) is 13.2. The van der Waals surface area contributed by atoms with Gasteiger partial charge in [0.05, 0.1) is 25.9 Å². The quantitative estimate of drug-likeness (QED) is 0.381. The van der Waals surface area contributed by atoms with Crippen molar-refractivity contribution in [3.8, 4) is 11.8 Å². The van der Waals surface area contributed by atoms with Gasteiger partial charge in [0.15, 0.2) is 17.7 Å². The fraction of sp³-hybridized carbons (Fsp3) is 0.591. The maximum absolute atomic E-state index is 12.1. The number of fused-ring (bicyclic) bond motifs is 1. The Morgan fingerprint density at radius 2 is 2.12 bits per heavy atom. The Balaban J connectivity index is 1.47. The molecule has 0 spiro atoms. The fourth-order valence-electron chi connectivity index (χ4n) is 4.26. The van der Waals surface area contributed by atoms with Crippen LogP contribution in [0, 0.1) is 17.8 Å². The molecule has 4 heterocycles. The zero-order valence-corrected chi connectivity index (χ0v) is 19.2. The van der Waals surface area contributed by atoms with Crippen LogP contribution in [0.15, 0.2) is 6.33 Å². The van der Waals surface area contributed by atoms with Gasteiger partial charge in [0.1, 0.15) is 17.7 Å². The molecule has 2 unspecified atom stereocenters. The molecular formula is C22H29N7O5. The normalized spacial score (nSPS) is 23.4. The Morgan fingerprint density at radius 3 is 2.82 bits per heavy atom. The van der Waals surface area contributed by atoms with Gasteiger partial charge >= 0.3 is 5.97 Å². The van der Waals surface area contributed by atoms with Crippen molar-refractivity contribution in [2.75, 3.05) is 39.0 Å². The van der Waals surface area contributed by atoms with Crippen LogP contribution in [0.25, 0.3) is 11.2 Å². The standard InChI is InChI=1S/C22H29N7O5/c1-3-24-20(31)15-11-14(30)21(34-15)29-12-25-17-18(23)26-16(27-19(17)29)5-4-8-28-9-6-13(7-10-28)22(32)33-2/h12-15,21,30H,3,6-11H2,1-2H3,(H,24,31)(H2,23,26,27)/t14?,15-,21?/m0/s1. The molecule has 2 aromatic rings. The molecule has 12 nitrogen and oxygen atoms in total. The second kappa shape index (κ2) is 10.3. The number of carbonyl (C=O) groups is 2. The third-order valence-electron chi connectivity index (χ3n) is 6.08. The maximum atomic E-state index is 12.1. The highest BCUT2D eigenvalue weighted by Crippen LogP contribution is 2.31. The van der Waals surface area contributed by atoms with Crippen LogP contribution in [0.5, 0.6) is 0 Å². The second-order valence-corrected chi connectivity index (χ2v) is 8.34. The van der Waals surface area contributed by atoms with Crippen LogP contribution < -0.4 is 11.1 Å². The van der Waals surface area contributed by atoms with Crippen molar-refractivity contribution in [3.63, 3.8) is 0 Å². The number of nitrogens with zero attached hydrogens (tertiary/aromatic N) is 5. The molecule has 0 saturated carbocycles. The van der Waals surface area contributed by atoms with E-state index in [1.807, 2.05) is 6.92 Å². The third kappa shape index (κ3) is 4.96. The minimum absolute atomic E-state index is 0.0548. The first-order chi connectivity index (χ1) is 16.4. The van der Waals surface area contributed by atoms with Crippen LogP contribution >= 0.6 is 0 Å². The maximum Gasteiger partial charge on any atom is 0.308 e. The van der Waals surface area contributed by atoms with Crippen molar-refractivity contribution in [2.45, 2.75) is 44.6 Å². The number of nitrogens with one attached hydrogen (secondary N) is 1. The molecule has 182 valence electrons. The number of rotatable bonds is 5. The number of nitrogens with two attached hydrogens (primary N) is 1. The summed E-state index contributed by atoms with van der Waals surface area (Å²) in [6, 6.07) is 0. The largest absolute Gasteiger partial charge is 0.469 e. The first-order valence-electron chi connectivity index (χ1n) is 11.3. The number of piperidine rings is 1. The predicted molar refractivity (Wildman–Crippen MR) is 121 cm³/mol. The topological polar surface area (TPSA) is 158 Å². The number of hydrogen-bond acceptors (Lipinski definition) is 10. The number of anilines is 1.